The van der Waals surface area contributed by atoms with Gasteiger partial charge in [-0.1, -0.05) is 0 Å². The molecule has 0 aliphatic carbocycles. The zero-order valence-corrected chi connectivity index (χ0v) is 9.82. The predicted octanol–water partition coefficient (Wildman–Crippen LogP) is 1.56. The molecule has 5 nitrogen and oxygen atoms in total. The number of nitrogen functional groups attached to an aromatic ring is 1. The van der Waals surface area contributed by atoms with E-state index in [9.17, 15) is 8.78 Å². The van der Waals surface area contributed by atoms with Crippen LogP contribution in [0.3, 0.4) is 0 Å². The highest BCUT2D eigenvalue weighted by atomic mass is 19.1. The summed E-state index contributed by atoms with van der Waals surface area (Å²) in [5.41, 5.74) is 6.31. The minimum atomic E-state index is -0.860. The van der Waals surface area contributed by atoms with Gasteiger partial charge >= 0.3 is 0 Å². The molecule has 0 saturated carbocycles. The molecule has 0 fully saturated rings. The van der Waals surface area contributed by atoms with Crippen molar-refractivity contribution in [1.82, 2.24) is 14.8 Å². The van der Waals surface area contributed by atoms with Crippen LogP contribution in [0.2, 0.25) is 0 Å². The molecule has 0 aliphatic heterocycles. The molecule has 2 aromatic heterocycles. The molecular weight excluding hydrogens is 240 g/mol. The Labute approximate surface area is 103 Å². The summed E-state index contributed by atoms with van der Waals surface area (Å²) in [6, 6.07) is 0.711. The Morgan fingerprint density at radius 1 is 1.39 bits per heavy atom. The van der Waals surface area contributed by atoms with Crippen LogP contribution in [-0.4, -0.2) is 21.3 Å². The summed E-state index contributed by atoms with van der Waals surface area (Å²) >= 11 is 0. The van der Waals surface area contributed by atoms with Crippen LogP contribution >= 0.6 is 0 Å². The number of aromatic nitrogens is 3. The molecule has 0 bridgehead atoms. The fourth-order valence-corrected chi connectivity index (χ4v) is 1.48. The van der Waals surface area contributed by atoms with Gasteiger partial charge in [-0.25, -0.2) is 13.8 Å². The second-order valence-electron chi connectivity index (χ2n) is 3.89. The summed E-state index contributed by atoms with van der Waals surface area (Å²) in [5, 5.41) is 6.82. The summed E-state index contributed by atoms with van der Waals surface area (Å²) in [5.74, 6) is -2.01. The van der Waals surface area contributed by atoms with Crippen LogP contribution < -0.4 is 11.1 Å². The van der Waals surface area contributed by atoms with Gasteiger partial charge in [0.05, 0.1) is 12.7 Å². The summed E-state index contributed by atoms with van der Waals surface area (Å²) in [6.45, 7) is 2.89. The van der Waals surface area contributed by atoms with Crippen LogP contribution in [0.5, 0.6) is 0 Å². The van der Waals surface area contributed by atoms with Crippen molar-refractivity contribution in [2.45, 2.75) is 13.5 Å². The van der Waals surface area contributed by atoms with Crippen LogP contribution in [0.25, 0.3) is 0 Å². The summed E-state index contributed by atoms with van der Waals surface area (Å²) in [4.78, 5) is 3.60. The lowest BCUT2D eigenvalue weighted by Gasteiger charge is -2.07. The lowest BCUT2D eigenvalue weighted by atomic mass is 10.4. The van der Waals surface area contributed by atoms with Gasteiger partial charge in [-0.05, 0) is 12.5 Å². The Hall–Kier alpha value is -2.18. The van der Waals surface area contributed by atoms with E-state index in [1.54, 1.807) is 10.9 Å². The molecule has 0 unspecified atom stereocenters. The number of hydrogen-bond acceptors (Lipinski definition) is 4. The van der Waals surface area contributed by atoms with Crippen LogP contribution in [0.15, 0.2) is 18.5 Å². The summed E-state index contributed by atoms with van der Waals surface area (Å²) in [6.07, 6.45) is 3.60. The normalized spacial score (nSPS) is 10.6. The van der Waals surface area contributed by atoms with Gasteiger partial charge in [0.1, 0.15) is 0 Å². The Morgan fingerprint density at radius 2 is 2.17 bits per heavy atom. The first-order chi connectivity index (χ1) is 8.56. The largest absolute Gasteiger partial charge is 0.381 e. The monoisotopic (exact) mass is 253 g/mol. The van der Waals surface area contributed by atoms with Crippen LogP contribution in [0.1, 0.15) is 5.56 Å². The number of nitrogens with two attached hydrogens (primary N) is 1. The highest BCUT2D eigenvalue weighted by Crippen LogP contribution is 2.16. The average molecular weight is 253 g/mol. The van der Waals surface area contributed by atoms with Crippen molar-refractivity contribution in [1.29, 1.82) is 0 Å². The van der Waals surface area contributed by atoms with Gasteiger partial charge in [0, 0.05) is 18.8 Å². The first-order valence-corrected chi connectivity index (χ1v) is 5.40. The van der Waals surface area contributed by atoms with E-state index >= 15 is 0 Å². The Balaban J connectivity index is 1.96. The molecule has 0 aliphatic rings. The summed E-state index contributed by atoms with van der Waals surface area (Å²) < 4.78 is 27.9. The van der Waals surface area contributed by atoms with E-state index in [1.807, 2.05) is 13.1 Å². The van der Waals surface area contributed by atoms with Gasteiger partial charge < -0.3 is 11.1 Å². The number of halogens is 2. The maximum atomic E-state index is 13.3. The number of nitrogens with one attached hydrogen (secondary N) is 1. The lowest BCUT2D eigenvalue weighted by Crippen LogP contribution is -2.13. The molecule has 2 aromatic rings. The maximum Gasteiger partial charge on any atom is 0.168 e. The molecule has 18 heavy (non-hydrogen) atoms. The van der Waals surface area contributed by atoms with Crippen molar-refractivity contribution in [3.05, 3.63) is 35.7 Å². The highest BCUT2D eigenvalue weighted by Gasteiger charge is 2.08. The third kappa shape index (κ3) is 2.73. The Morgan fingerprint density at radius 3 is 2.83 bits per heavy atom. The lowest BCUT2D eigenvalue weighted by molar-refractivity contribution is 0.576. The number of anilines is 2. The number of rotatable bonds is 4. The minimum absolute atomic E-state index is 0.0576. The fourth-order valence-electron chi connectivity index (χ4n) is 1.48. The molecule has 0 aromatic carbocycles. The molecule has 0 spiro atoms. The van der Waals surface area contributed by atoms with Crippen molar-refractivity contribution >= 4 is 11.6 Å². The van der Waals surface area contributed by atoms with Gasteiger partial charge in [0.2, 0.25) is 0 Å². The maximum absolute atomic E-state index is 13.3. The van der Waals surface area contributed by atoms with Crippen LogP contribution in [0, 0.1) is 18.6 Å². The molecule has 0 radical (unpaired) electrons. The molecule has 0 amide bonds. The number of pyridine rings is 1. The number of nitrogens with zero attached hydrogens (tertiary/aromatic N) is 3. The third-order valence-corrected chi connectivity index (χ3v) is 2.35. The van der Waals surface area contributed by atoms with Gasteiger partial charge in [0.15, 0.2) is 23.3 Å². The smallest absolute Gasteiger partial charge is 0.168 e. The van der Waals surface area contributed by atoms with Gasteiger partial charge in [0.25, 0.3) is 0 Å². The first kappa shape index (κ1) is 12.3. The number of hydrogen-bond donors (Lipinski definition) is 2. The second kappa shape index (κ2) is 4.99. The van der Waals surface area contributed by atoms with E-state index in [4.69, 9.17) is 5.73 Å². The van der Waals surface area contributed by atoms with Crippen LogP contribution in [0.4, 0.5) is 20.4 Å². The quantitative estimate of drug-likeness (QED) is 0.867. The van der Waals surface area contributed by atoms with Gasteiger partial charge in [-0.15, -0.1) is 0 Å². The molecular formula is C11H13F2N5. The molecule has 2 rings (SSSR count). The molecule has 96 valence electrons. The van der Waals surface area contributed by atoms with Gasteiger partial charge in [-0.3, -0.25) is 4.68 Å². The summed E-state index contributed by atoms with van der Waals surface area (Å²) in [7, 11) is 0. The van der Waals surface area contributed by atoms with Crippen molar-refractivity contribution in [2.75, 3.05) is 17.6 Å². The predicted molar refractivity (Wildman–Crippen MR) is 64.0 cm³/mol. The molecule has 0 saturated heterocycles. The van der Waals surface area contributed by atoms with Crippen molar-refractivity contribution < 1.29 is 8.78 Å². The highest BCUT2D eigenvalue weighted by molar-refractivity contribution is 5.44. The van der Waals surface area contributed by atoms with E-state index in [0.717, 1.165) is 5.56 Å². The standard InChI is InChI=1S/C11H13F2N5/c1-7-5-16-18(6-7)3-2-15-11-9(13)4-8(12)10(14)17-11/h4-6H,2-3H2,1H3,(H3,14,15,17). The van der Waals surface area contributed by atoms with Crippen molar-refractivity contribution in [3.63, 3.8) is 0 Å². The SMILES string of the molecule is Cc1cnn(CCNc2nc(N)c(F)cc2F)c1. The Kier molecular flexibility index (Phi) is 3.40. The van der Waals surface area contributed by atoms with Gasteiger partial charge in [-0.2, -0.15) is 5.10 Å². The molecule has 2 heterocycles. The van der Waals surface area contributed by atoms with E-state index in [-0.39, 0.29) is 11.6 Å². The topological polar surface area (TPSA) is 68.8 Å². The zero-order valence-electron chi connectivity index (χ0n) is 9.82. The van der Waals surface area contributed by atoms with E-state index in [0.29, 0.717) is 19.2 Å². The first-order valence-electron chi connectivity index (χ1n) is 5.40. The third-order valence-electron chi connectivity index (χ3n) is 2.35. The van der Waals surface area contributed by atoms with E-state index in [2.05, 4.69) is 15.4 Å². The minimum Gasteiger partial charge on any atom is -0.381 e. The second-order valence-corrected chi connectivity index (χ2v) is 3.89. The van der Waals surface area contributed by atoms with Crippen molar-refractivity contribution in [3.8, 4) is 0 Å². The number of aryl methyl sites for hydroxylation is 1. The molecule has 0 atom stereocenters. The van der Waals surface area contributed by atoms with Crippen LogP contribution in [-0.2, 0) is 6.54 Å². The van der Waals surface area contributed by atoms with E-state index in [1.165, 1.54) is 0 Å². The molecule has 3 N–H and O–H groups in total. The Bertz CT molecular complexity index is 552. The molecule has 7 heteroatoms. The van der Waals surface area contributed by atoms with E-state index < -0.39 is 11.6 Å². The average Bonchev–Trinajstić information content (AvgIpc) is 2.71. The zero-order chi connectivity index (χ0) is 13.1. The fraction of sp³-hybridized carbons (Fsp3) is 0.273. The van der Waals surface area contributed by atoms with Crippen molar-refractivity contribution in [2.24, 2.45) is 0 Å².